The summed E-state index contributed by atoms with van der Waals surface area (Å²) in [5, 5.41) is 0. The Balaban J connectivity index is 2.35. The fraction of sp³-hybridized carbons (Fsp3) is 0.231. The second-order valence-corrected chi connectivity index (χ2v) is 6.09. The van der Waals surface area contributed by atoms with Crippen molar-refractivity contribution in [2.24, 2.45) is 0 Å². The maximum absolute atomic E-state index is 12.3. The van der Waals surface area contributed by atoms with Crippen molar-refractivity contribution >= 4 is 21.5 Å². The molecule has 0 amide bonds. The van der Waals surface area contributed by atoms with Crippen LogP contribution < -0.4 is 16.0 Å². The first-order valence-electron chi connectivity index (χ1n) is 6.38. The van der Waals surface area contributed by atoms with Crippen molar-refractivity contribution in [3.63, 3.8) is 0 Å². The van der Waals surface area contributed by atoms with E-state index in [0.29, 0.717) is 12.2 Å². The van der Waals surface area contributed by atoms with Crippen LogP contribution in [0.25, 0.3) is 0 Å². The molecule has 21 heavy (non-hydrogen) atoms. The zero-order chi connectivity index (χ0) is 15.5. The summed E-state index contributed by atoms with van der Waals surface area (Å²) in [5.74, 6) is -0.0770. The quantitative estimate of drug-likeness (QED) is 0.858. The highest BCUT2D eigenvalue weighted by Crippen LogP contribution is 2.18. The molecule has 0 unspecified atom stereocenters. The predicted molar refractivity (Wildman–Crippen MR) is 80.5 cm³/mol. The molecule has 2 heterocycles. The molecule has 8 heteroatoms. The first kappa shape index (κ1) is 15.0. The van der Waals surface area contributed by atoms with E-state index >= 15 is 0 Å². The fourth-order valence-corrected chi connectivity index (χ4v) is 2.97. The van der Waals surface area contributed by atoms with Crippen LogP contribution >= 0.6 is 0 Å². The van der Waals surface area contributed by atoms with E-state index in [1.807, 2.05) is 6.92 Å². The number of hydrogen-bond acceptors (Lipinski definition) is 5. The lowest BCUT2D eigenvalue weighted by molar-refractivity contribution is 0.601. The second kappa shape index (κ2) is 5.96. The molecule has 0 spiro atoms. The summed E-state index contributed by atoms with van der Waals surface area (Å²) >= 11 is 0. The number of nitrogens with two attached hydrogens (primary N) is 1. The van der Waals surface area contributed by atoms with Crippen LogP contribution in [0.15, 0.2) is 46.3 Å². The monoisotopic (exact) mass is 308 g/mol. The van der Waals surface area contributed by atoms with E-state index in [9.17, 15) is 13.2 Å². The minimum atomic E-state index is -3.84. The third kappa shape index (κ3) is 3.40. The maximum atomic E-state index is 12.3. The molecule has 112 valence electrons. The van der Waals surface area contributed by atoms with Gasteiger partial charge in [0.1, 0.15) is 10.7 Å². The summed E-state index contributed by atoms with van der Waals surface area (Å²) in [4.78, 5) is 15.3. The van der Waals surface area contributed by atoms with Crippen molar-refractivity contribution in [2.75, 3.05) is 10.5 Å². The summed E-state index contributed by atoms with van der Waals surface area (Å²) in [5.41, 5.74) is 5.69. The maximum Gasteiger partial charge on any atom is 0.265 e. The summed E-state index contributed by atoms with van der Waals surface area (Å²) in [6, 6.07) is 5.59. The average Bonchev–Trinajstić information content (AvgIpc) is 2.43. The lowest BCUT2D eigenvalue weighted by Crippen LogP contribution is -2.21. The molecule has 2 aromatic heterocycles. The van der Waals surface area contributed by atoms with Crippen molar-refractivity contribution in [1.29, 1.82) is 0 Å². The molecular weight excluding hydrogens is 292 g/mol. The third-order valence-electron chi connectivity index (χ3n) is 2.79. The molecule has 0 aliphatic rings. The molecule has 0 aliphatic carbocycles. The first-order chi connectivity index (χ1) is 9.94. The number of anilines is 2. The van der Waals surface area contributed by atoms with Crippen LogP contribution in [0.2, 0.25) is 0 Å². The molecule has 0 radical (unpaired) electrons. The second-order valence-electron chi connectivity index (χ2n) is 4.44. The molecule has 0 atom stereocenters. The van der Waals surface area contributed by atoms with E-state index in [4.69, 9.17) is 5.73 Å². The highest BCUT2D eigenvalue weighted by molar-refractivity contribution is 7.92. The molecule has 2 rings (SSSR count). The fourth-order valence-electron chi connectivity index (χ4n) is 1.85. The van der Waals surface area contributed by atoms with Gasteiger partial charge < -0.3 is 10.3 Å². The van der Waals surface area contributed by atoms with Gasteiger partial charge in [-0.3, -0.25) is 9.52 Å². The minimum Gasteiger partial charge on any atom is -0.383 e. The Labute approximate surface area is 122 Å². The number of nitrogen functional groups attached to an aromatic ring is 1. The smallest absolute Gasteiger partial charge is 0.265 e. The molecule has 0 aliphatic heterocycles. The van der Waals surface area contributed by atoms with Crippen molar-refractivity contribution in [2.45, 2.75) is 24.8 Å². The molecule has 0 saturated carbocycles. The van der Waals surface area contributed by atoms with Crippen molar-refractivity contribution in [3.05, 3.63) is 47.0 Å². The first-order valence-corrected chi connectivity index (χ1v) is 7.86. The van der Waals surface area contributed by atoms with E-state index in [0.717, 1.165) is 6.42 Å². The van der Waals surface area contributed by atoms with Gasteiger partial charge in [0, 0.05) is 25.0 Å². The molecule has 0 saturated heterocycles. The highest BCUT2D eigenvalue weighted by Gasteiger charge is 2.18. The topological polar surface area (TPSA) is 107 Å². The standard InChI is InChI=1S/C13H16N4O3S/c1-2-8-17-9-10(5-6-12(17)18)16-21(19,20)11-4-3-7-15-13(11)14/h3-7,9,16H,2,8H2,1H3,(H2,14,15). The number of aryl methyl sites for hydroxylation is 1. The van der Waals surface area contributed by atoms with Gasteiger partial charge in [0.2, 0.25) is 0 Å². The van der Waals surface area contributed by atoms with Crippen molar-refractivity contribution in [1.82, 2.24) is 9.55 Å². The van der Waals surface area contributed by atoms with Gasteiger partial charge in [-0.15, -0.1) is 0 Å². The van der Waals surface area contributed by atoms with E-state index < -0.39 is 10.0 Å². The largest absolute Gasteiger partial charge is 0.383 e. The Kier molecular flexibility index (Phi) is 4.27. The number of hydrogen-bond donors (Lipinski definition) is 2. The number of rotatable bonds is 5. The molecule has 0 aromatic carbocycles. The van der Waals surface area contributed by atoms with Gasteiger partial charge in [0.05, 0.1) is 5.69 Å². The predicted octanol–water partition coefficient (Wildman–Crippen LogP) is 1.04. The van der Waals surface area contributed by atoms with Gasteiger partial charge in [0.15, 0.2) is 0 Å². The minimum absolute atomic E-state index is 0.0770. The Morgan fingerprint density at radius 1 is 1.33 bits per heavy atom. The van der Waals surface area contributed by atoms with Crippen LogP contribution in [0.1, 0.15) is 13.3 Å². The van der Waals surface area contributed by atoms with E-state index in [-0.39, 0.29) is 16.3 Å². The van der Waals surface area contributed by atoms with Gasteiger partial charge in [-0.1, -0.05) is 6.92 Å². The van der Waals surface area contributed by atoms with Crippen molar-refractivity contribution in [3.8, 4) is 0 Å². The van der Waals surface area contributed by atoms with E-state index in [2.05, 4.69) is 9.71 Å². The normalized spacial score (nSPS) is 11.3. The van der Waals surface area contributed by atoms with Crippen LogP contribution in [0.4, 0.5) is 11.5 Å². The number of nitrogens with zero attached hydrogens (tertiary/aromatic N) is 2. The summed E-state index contributed by atoms with van der Waals surface area (Å²) < 4.78 is 28.4. The Bertz CT molecular complexity index is 799. The Morgan fingerprint density at radius 3 is 2.76 bits per heavy atom. The number of aromatic nitrogens is 2. The molecule has 2 aromatic rings. The highest BCUT2D eigenvalue weighted by atomic mass is 32.2. The molecule has 0 fully saturated rings. The van der Waals surface area contributed by atoms with Gasteiger partial charge >= 0.3 is 0 Å². The van der Waals surface area contributed by atoms with Crippen LogP contribution in [-0.4, -0.2) is 18.0 Å². The Morgan fingerprint density at radius 2 is 2.10 bits per heavy atom. The summed E-state index contributed by atoms with van der Waals surface area (Å²) in [6.07, 6.45) is 3.65. The van der Waals surface area contributed by atoms with Crippen molar-refractivity contribution < 1.29 is 8.42 Å². The number of sulfonamides is 1. The van der Waals surface area contributed by atoms with E-state index in [1.54, 1.807) is 0 Å². The average molecular weight is 308 g/mol. The lowest BCUT2D eigenvalue weighted by Gasteiger charge is -2.11. The van der Waals surface area contributed by atoms with Crippen LogP contribution in [0.5, 0.6) is 0 Å². The molecule has 0 bridgehead atoms. The number of nitrogens with one attached hydrogen (secondary N) is 1. The zero-order valence-electron chi connectivity index (χ0n) is 11.5. The van der Waals surface area contributed by atoms with E-state index in [1.165, 1.54) is 41.2 Å². The molecular formula is C13H16N4O3S. The summed E-state index contributed by atoms with van der Waals surface area (Å²) in [7, 11) is -3.84. The van der Waals surface area contributed by atoms with Gasteiger partial charge in [-0.05, 0) is 24.6 Å². The molecule has 7 nitrogen and oxygen atoms in total. The van der Waals surface area contributed by atoms with Gasteiger partial charge in [-0.25, -0.2) is 13.4 Å². The number of pyridine rings is 2. The van der Waals surface area contributed by atoms with Crippen LogP contribution in [0, 0.1) is 0 Å². The lowest BCUT2D eigenvalue weighted by atomic mass is 10.4. The molecule has 3 N–H and O–H groups in total. The SMILES string of the molecule is CCCn1cc(NS(=O)(=O)c2cccnc2N)ccc1=O. The third-order valence-corrected chi connectivity index (χ3v) is 4.22. The van der Waals surface area contributed by atoms with Crippen LogP contribution in [-0.2, 0) is 16.6 Å². The Hall–Kier alpha value is -2.35. The van der Waals surface area contributed by atoms with Gasteiger partial charge in [-0.2, -0.15) is 0 Å². The van der Waals surface area contributed by atoms with Crippen LogP contribution in [0.3, 0.4) is 0 Å². The summed E-state index contributed by atoms with van der Waals surface area (Å²) in [6.45, 7) is 2.45. The zero-order valence-corrected chi connectivity index (χ0v) is 12.3. The van der Waals surface area contributed by atoms with Gasteiger partial charge in [0.25, 0.3) is 15.6 Å².